The summed E-state index contributed by atoms with van der Waals surface area (Å²) < 4.78 is 4.97. The van der Waals surface area contributed by atoms with Gasteiger partial charge in [0, 0.05) is 10.7 Å². The van der Waals surface area contributed by atoms with E-state index >= 15 is 0 Å². The normalized spacial score (nSPS) is 13.3. The number of nitrogens with one attached hydrogen (secondary N) is 1. The Morgan fingerprint density at radius 1 is 1.19 bits per heavy atom. The number of benzene rings is 2. The molecule has 0 aliphatic carbocycles. The number of hydrogen-bond acceptors (Lipinski definition) is 3. The van der Waals surface area contributed by atoms with Gasteiger partial charge in [-0.3, -0.25) is 0 Å². The highest BCUT2D eigenvalue weighted by Crippen LogP contribution is 2.29. The molecule has 2 aromatic rings. The van der Waals surface area contributed by atoms with Gasteiger partial charge in [0.25, 0.3) is 0 Å². The molecule has 2 aromatic carbocycles. The smallest absolute Gasteiger partial charge is 0.335 e. The van der Waals surface area contributed by atoms with Crippen molar-refractivity contribution in [3.63, 3.8) is 0 Å². The van der Waals surface area contributed by atoms with Gasteiger partial charge >= 0.3 is 5.97 Å². The summed E-state index contributed by atoms with van der Waals surface area (Å²) in [7, 11) is 1.38. The van der Waals surface area contributed by atoms with E-state index < -0.39 is 5.54 Å². The van der Waals surface area contributed by atoms with E-state index in [1.54, 1.807) is 19.1 Å². The maximum Gasteiger partial charge on any atom is 0.335 e. The molecular weight excluding hydrogens is 286 g/mol. The van der Waals surface area contributed by atoms with Crippen LogP contribution in [-0.4, -0.2) is 13.1 Å². The van der Waals surface area contributed by atoms with Crippen LogP contribution in [0.1, 0.15) is 18.1 Å². The average Bonchev–Trinajstić information content (AvgIpc) is 2.46. The maximum atomic E-state index is 12.3. The fourth-order valence-electron chi connectivity index (χ4n) is 2.26. The number of carbonyl (C=O) groups excluding carboxylic acids is 1. The molecule has 4 heteroatoms. The van der Waals surface area contributed by atoms with Crippen molar-refractivity contribution in [1.29, 1.82) is 0 Å². The molecule has 3 nitrogen and oxygen atoms in total. The Labute approximate surface area is 129 Å². The summed E-state index contributed by atoms with van der Waals surface area (Å²) in [5.74, 6) is -0.369. The van der Waals surface area contributed by atoms with Gasteiger partial charge in [-0.05, 0) is 49.2 Å². The highest BCUT2D eigenvalue weighted by atomic mass is 35.5. The van der Waals surface area contributed by atoms with E-state index in [1.165, 1.54) is 7.11 Å². The van der Waals surface area contributed by atoms with Crippen LogP contribution in [-0.2, 0) is 15.1 Å². The van der Waals surface area contributed by atoms with Gasteiger partial charge in [-0.2, -0.15) is 0 Å². The molecule has 0 aromatic heterocycles. The van der Waals surface area contributed by atoms with Crippen LogP contribution in [0, 0.1) is 6.92 Å². The number of halogens is 1. The molecule has 1 N–H and O–H groups in total. The number of rotatable bonds is 4. The van der Waals surface area contributed by atoms with Crippen molar-refractivity contribution in [3.05, 3.63) is 64.7 Å². The summed E-state index contributed by atoms with van der Waals surface area (Å²) in [4.78, 5) is 12.3. The van der Waals surface area contributed by atoms with Crippen LogP contribution in [0.3, 0.4) is 0 Å². The average molecular weight is 304 g/mol. The van der Waals surface area contributed by atoms with Crippen LogP contribution >= 0.6 is 11.6 Å². The van der Waals surface area contributed by atoms with E-state index in [-0.39, 0.29) is 5.97 Å². The van der Waals surface area contributed by atoms with Crippen LogP contribution in [0.15, 0.2) is 48.5 Å². The highest BCUT2D eigenvalue weighted by molar-refractivity contribution is 6.30. The standard InChI is InChI=1S/C17H18ClNO2/c1-12-6-4-9-15(10-12)19-17(2,16(20)21-3)13-7-5-8-14(18)11-13/h4-11,19H,1-3H3. The molecule has 0 spiro atoms. The third-order valence-corrected chi connectivity index (χ3v) is 3.64. The van der Waals surface area contributed by atoms with Crippen LogP contribution < -0.4 is 5.32 Å². The molecule has 1 unspecified atom stereocenters. The monoisotopic (exact) mass is 303 g/mol. The highest BCUT2D eigenvalue weighted by Gasteiger charge is 2.36. The molecule has 21 heavy (non-hydrogen) atoms. The summed E-state index contributed by atoms with van der Waals surface area (Å²) in [6.45, 7) is 3.78. The van der Waals surface area contributed by atoms with Crippen molar-refractivity contribution in [1.82, 2.24) is 0 Å². The SMILES string of the molecule is COC(=O)C(C)(Nc1cccc(C)c1)c1cccc(Cl)c1. The minimum absolute atomic E-state index is 0.369. The molecule has 0 fully saturated rings. The second-order valence-electron chi connectivity index (χ2n) is 5.12. The zero-order valence-corrected chi connectivity index (χ0v) is 13.1. The summed E-state index contributed by atoms with van der Waals surface area (Å²) >= 11 is 6.05. The van der Waals surface area contributed by atoms with Crippen LogP contribution in [0.25, 0.3) is 0 Å². The summed E-state index contributed by atoms with van der Waals surface area (Å²) in [6.07, 6.45) is 0. The number of hydrogen-bond donors (Lipinski definition) is 1. The van der Waals surface area contributed by atoms with Gasteiger partial charge in [-0.25, -0.2) is 4.79 Å². The fraction of sp³-hybridized carbons (Fsp3) is 0.235. The van der Waals surface area contributed by atoms with E-state index in [0.717, 1.165) is 16.8 Å². The molecule has 0 saturated heterocycles. The van der Waals surface area contributed by atoms with Crippen LogP contribution in [0.5, 0.6) is 0 Å². The molecule has 0 saturated carbocycles. The predicted molar refractivity (Wildman–Crippen MR) is 85.6 cm³/mol. The number of esters is 1. The Morgan fingerprint density at radius 2 is 1.90 bits per heavy atom. The molecule has 0 amide bonds. The molecule has 0 radical (unpaired) electrons. The van der Waals surface area contributed by atoms with Crippen molar-refractivity contribution in [2.45, 2.75) is 19.4 Å². The summed E-state index contributed by atoms with van der Waals surface area (Å²) in [5.41, 5.74) is 1.71. The van der Waals surface area contributed by atoms with Gasteiger partial charge in [-0.1, -0.05) is 35.9 Å². The number of carbonyl (C=O) groups is 1. The first kappa shape index (κ1) is 15.4. The van der Waals surface area contributed by atoms with Crippen molar-refractivity contribution in [3.8, 4) is 0 Å². The Hall–Kier alpha value is -2.00. The zero-order chi connectivity index (χ0) is 15.5. The van der Waals surface area contributed by atoms with Crippen molar-refractivity contribution in [2.75, 3.05) is 12.4 Å². The summed E-state index contributed by atoms with van der Waals surface area (Å²) in [5, 5.41) is 3.83. The van der Waals surface area contributed by atoms with Crippen molar-refractivity contribution >= 4 is 23.3 Å². The van der Waals surface area contributed by atoms with Crippen LogP contribution in [0.4, 0.5) is 5.69 Å². The second kappa shape index (κ2) is 6.19. The van der Waals surface area contributed by atoms with Gasteiger partial charge in [-0.15, -0.1) is 0 Å². The lowest BCUT2D eigenvalue weighted by atomic mass is 9.91. The van der Waals surface area contributed by atoms with Crippen molar-refractivity contribution in [2.24, 2.45) is 0 Å². The Bertz CT molecular complexity index is 657. The van der Waals surface area contributed by atoms with Gasteiger partial charge in [0.15, 0.2) is 5.54 Å². The molecule has 2 rings (SSSR count). The zero-order valence-electron chi connectivity index (χ0n) is 12.3. The maximum absolute atomic E-state index is 12.3. The van der Waals surface area contributed by atoms with E-state index in [9.17, 15) is 4.79 Å². The number of methoxy groups -OCH3 is 1. The second-order valence-corrected chi connectivity index (χ2v) is 5.56. The minimum Gasteiger partial charge on any atom is -0.467 e. The van der Waals surface area contributed by atoms with E-state index in [1.807, 2.05) is 43.3 Å². The molecule has 0 heterocycles. The first-order valence-corrected chi connectivity index (χ1v) is 7.03. The number of anilines is 1. The molecule has 0 aliphatic heterocycles. The predicted octanol–water partition coefficient (Wildman–Crippen LogP) is 4.15. The van der Waals surface area contributed by atoms with E-state index in [0.29, 0.717) is 5.02 Å². The Kier molecular flexibility index (Phi) is 4.53. The Balaban J connectivity index is 2.45. The molecule has 0 aliphatic rings. The molecule has 1 atom stereocenters. The third-order valence-electron chi connectivity index (χ3n) is 3.41. The van der Waals surface area contributed by atoms with Gasteiger partial charge in [0.1, 0.15) is 0 Å². The van der Waals surface area contributed by atoms with Gasteiger partial charge in [0.05, 0.1) is 7.11 Å². The van der Waals surface area contributed by atoms with Gasteiger partial charge in [0.2, 0.25) is 0 Å². The number of aryl methyl sites for hydroxylation is 1. The van der Waals surface area contributed by atoms with Gasteiger partial charge < -0.3 is 10.1 Å². The quantitative estimate of drug-likeness (QED) is 0.862. The topological polar surface area (TPSA) is 38.3 Å². The van der Waals surface area contributed by atoms with Crippen LogP contribution in [0.2, 0.25) is 5.02 Å². The lowest BCUT2D eigenvalue weighted by Crippen LogP contribution is -2.41. The Morgan fingerprint density at radius 3 is 2.52 bits per heavy atom. The molecular formula is C17H18ClNO2. The lowest BCUT2D eigenvalue weighted by Gasteiger charge is -2.30. The van der Waals surface area contributed by atoms with E-state index in [4.69, 9.17) is 16.3 Å². The fourth-order valence-corrected chi connectivity index (χ4v) is 2.45. The largest absolute Gasteiger partial charge is 0.467 e. The summed E-state index contributed by atoms with van der Waals surface area (Å²) in [6, 6.07) is 15.0. The lowest BCUT2D eigenvalue weighted by molar-refractivity contribution is -0.145. The number of ether oxygens (including phenoxy) is 1. The van der Waals surface area contributed by atoms with Crippen molar-refractivity contribution < 1.29 is 9.53 Å². The first-order valence-electron chi connectivity index (χ1n) is 6.65. The van der Waals surface area contributed by atoms with E-state index in [2.05, 4.69) is 5.32 Å². The minimum atomic E-state index is -1.01. The third kappa shape index (κ3) is 3.37. The molecule has 110 valence electrons. The molecule has 0 bridgehead atoms. The first-order chi connectivity index (χ1) is 9.95.